The molecule has 0 amide bonds. The third-order valence-electron chi connectivity index (χ3n) is 2.58. The van der Waals surface area contributed by atoms with Crippen LogP contribution in [0.1, 0.15) is 5.89 Å². The van der Waals surface area contributed by atoms with Crippen molar-refractivity contribution in [3.05, 3.63) is 60.5 Å². The number of rotatable bonds is 4. The SMILES string of the molecule is Fc1ccc(OCc2nc(-c3ccncc3)no2)cc1. The molecule has 2 heterocycles. The third kappa shape index (κ3) is 2.80. The van der Waals surface area contributed by atoms with Crippen LogP contribution in [0.4, 0.5) is 4.39 Å². The van der Waals surface area contributed by atoms with E-state index in [1.54, 1.807) is 24.5 Å². The van der Waals surface area contributed by atoms with Gasteiger partial charge in [-0.1, -0.05) is 5.16 Å². The van der Waals surface area contributed by atoms with E-state index in [0.717, 1.165) is 5.56 Å². The molecule has 6 heteroatoms. The Labute approximate surface area is 114 Å². The predicted octanol–water partition coefficient (Wildman–Crippen LogP) is 2.85. The summed E-state index contributed by atoms with van der Waals surface area (Å²) in [5.74, 6) is 1.05. The fourth-order valence-corrected chi connectivity index (χ4v) is 1.61. The predicted molar refractivity (Wildman–Crippen MR) is 68.3 cm³/mol. The molecule has 1 aromatic carbocycles. The van der Waals surface area contributed by atoms with Gasteiger partial charge in [-0.15, -0.1) is 0 Å². The summed E-state index contributed by atoms with van der Waals surface area (Å²) < 4.78 is 23.2. The number of ether oxygens (including phenoxy) is 1. The minimum atomic E-state index is -0.310. The van der Waals surface area contributed by atoms with Crippen LogP contribution in [0.2, 0.25) is 0 Å². The molecule has 0 aliphatic carbocycles. The van der Waals surface area contributed by atoms with Gasteiger partial charge in [-0.2, -0.15) is 4.98 Å². The van der Waals surface area contributed by atoms with Gasteiger partial charge in [0.25, 0.3) is 5.89 Å². The molecule has 0 atom stereocenters. The van der Waals surface area contributed by atoms with Crippen molar-refractivity contribution >= 4 is 0 Å². The molecule has 100 valence electrons. The number of hydrogen-bond donors (Lipinski definition) is 0. The number of nitrogens with zero attached hydrogens (tertiary/aromatic N) is 3. The molecular formula is C14H10FN3O2. The molecule has 0 aliphatic heterocycles. The van der Waals surface area contributed by atoms with Crippen LogP contribution in [0.25, 0.3) is 11.4 Å². The summed E-state index contributed by atoms with van der Waals surface area (Å²) in [4.78, 5) is 8.13. The van der Waals surface area contributed by atoms with E-state index < -0.39 is 0 Å². The summed E-state index contributed by atoms with van der Waals surface area (Å²) in [6.45, 7) is 0.129. The summed E-state index contributed by atoms with van der Waals surface area (Å²) in [6.07, 6.45) is 3.31. The van der Waals surface area contributed by atoms with Crippen molar-refractivity contribution in [2.24, 2.45) is 0 Å². The Hall–Kier alpha value is -2.76. The highest BCUT2D eigenvalue weighted by Gasteiger charge is 2.08. The summed E-state index contributed by atoms with van der Waals surface area (Å²) in [5, 5.41) is 3.86. The largest absolute Gasteiger partial charge is 0.484 e. The summed E-state index contributed by atoms with van der Waals surface area (Å²) >= 11 is 0. The van der Waals surface area contributed by atoms with E-state index in [0.29, 0.717) is 17.5 Å². The first-order valence-corrected chi connectivity index (χ1v) is 5.92. The van der Waals surface area contributed by atoms with Gasteiger partial charge in [0.05, 0.1) is 0 Å². The van der Waals surface area contributed by atoms with Gasteiger partial charge in [0, 0.05) is 18.0 Å². The smallest absolute Gasteiger partial charge is 0.264 e. The lowest BCUT2D eigenvalue weighted by molar-refractivity contribution is 0.242. The first kappa shape index (κ1) is 12.3. The van der Waals surface area contributed by atoms with Crippen LogP contribution in [0.15, 0.2) is 53.3 Å². The fraction of sp³-hybridized carbons (Fsp3) is 0.0714. The van der Waals surface area contributed by atoms with E-state index in [-0.39, 0.29) is 12.4 Å². The van der Waals surface area contributed by atoms with Gasteiger partial charge >= 0.3 is 0 Å². The highest BCUT2D eigenvalue weighted by Crippen LogP contribution is 2.16. The van der Waals surface area contributed by atoms with Gasteiger partial charge in [-0.05, 0) is 36.4 Å². The van der Waals surface area contributed by atoms with Crippen molar-refractivity contribution in [3.8, 4) is 17.1 Å². The van der Waals surface area contributed by atoms with Gasteiger partial charge < -0.3 is 9.26 Å². The van der Waals surface area contributed by atoms with Crippen LogP contribution in [0, 0.1) is 5.82 Å². The second kappa shape index (κ2) is 5.48. The molecule has 2 aromatic heterocycles. The highest BCUT2D eigenvalue weighted by atomic mass is 19.1. The average Bonchev–Trinajstić information content (AvgIpc) is 2.97. The minimum Gasteiger partial charge on any atom is -0.484 e. The Bertz CT molecular complexity index is 683. The molecule has 0 radical (unpaired) electrons. The maximum absolute atomic E-state index is 12.7. The molecule has 0 bridgehead atoms. The Balaban J connectivity index is 1.67. The van der Waals surface area contributed by atoms with Gasteiger partial charge in [0.15, 0.2) is 6.61 Å². The molecule has 0 saturated carbocycles. The van der Waals surface area contributed by atoms with E-state index >= 15 is 0 Å². The molecule has 5 nitrogen and oxygen atoms in total. The lowest BCUT2D eigenvalue weighted by Crippen LogP contribution is -1.95. The van der Waals surface area contributed by atoms with Gasteiger partial charge in [-0.25, -0.2) is 4.39 Å². The Morgan fingerprint density at radius 2 is 1.80 bits per heavy atom. The lowest BCUT2D eigenvalue weighted by Gasteiger charge is -2.01. The van der Waals surface area contributed by atoms with E-state index in [9.17, 15) is 4.39 Å². The zero-order valence-electron chi connectivity index (χ0n) is 10.4. The number of halogens is 1. The number of hydrogen-bond acceptors (Lipinski definition) is 5. The topological polar surface area (TPSA) is 61.0 Å². The number of benzene rings is 1. The summed E-state index contributed by atoms with van der Waals surface area (Å²) in [7, 11) is 0. The molecule has 0 spiro atoms. The first-order valence-electron chi connectivity index (χ1n) is 5.92. The molecular weight excluding hydrogens is 261 g/mol. The Kier molecular flexibility index (Phi) is 3.36. The lowest BCUT2D eigenvalue weighted by atomic mass is 10.2. The maximum atomic E-state index is 12.7. The monoisotopic (exact) mass is 271 g/mol. The third-order valence-corrected chi connectivity index (χ3v) is 2.58. The van der Waals surface area contributed by atoms with Crippen LogP contribution in [-0.4, -0.2) is 15.1 Å². The standard InChI is InChI=1S/C14H10FN3O2/c15-11-1-3-12(4-2-11)19-9-13-17-14(18-20-13)10-5-7-16-8-6-10/h1-8H,9H2. The zero-order valence-corrected chi connectivity index (χ0v) is 10.4. The van der Waals surface area contributed by atoms with Crippen LogP contribution in [0.3, 0.4) is 0 Å². The van der Waals surface area contributed by atoms with E-state index in [1.807, 2.05) is 0 Å². The Morgan fingerprint density at radius 3 is 2.55 bits per heavy atom. The van der Waals surface area contributed by atoms with Crippen molar-refractivity contribution in [1.29, 1.82) is 0 Å². The van der Waals surface area contributed by atoms with Crippen LogP contribution in [-0.2, 0) is 6.61 Å². The summed E-state index contributed by atoms with van der Waals surface area (Å²) in [5.41, 5.74) is 0.816. The molecule has 0 fully saturated rings. The number of aromatic nitrogens is 3. The average molecular weight is 271 g/mol. The van der Waals surface area contributed by atoms with Crippen molar-refractivity contribution in [2.45, 2.75) is 6.61 Å². The Morgan fingerprint density at radius 1 is 1.05 bits per heavy atom. The molecule has 0 unspecified atom stereocenters. The summed E-state index contributed by atoms with van der Waals surface area (Å²) in [6, 6.07) is 9.30. The van der Waals surface area contributed by atoms with E-state index in [2.05, 4.69) is 15.1 Å². The van der Waals surface area contributed by atoms with Crippen LogP contribution >= 0.6 is 0 Å². The minimum absolute atomic E-state index is 0.129. The molecule has 3 rings (SSSR count). The van der Waals surface area contributed by atoms with Gasteiger partial charge in [0.1, 0.15) is 11.6 Å². The molecule has 0 aliphatic rings. The second-order valence-electron chi connectivity index (χ2n) is 3.99. The maximum Gasteiger partial charge on any atom is 0.264 e. The van der Waals surface area contributed by atoms with Crippen molar-refractivity contribution in [2.75, 3.05) is 0 Å². The van der Waals surface area contributed by atoms with Crippen LogP contribution < -0.4 is 4.74 Å². The van der Waals surface area contributed by atoms with E-state index in [4.69, 9.17) is 9.26 Å². The van der Waals surface area contributed by atoms with E-state index in [1.165, 1.54) is 24.3 Å². The van der Waals surface area contributed by atoms with Crippen LogP contribution in [0.5, 0.6) is 5.75 Å². The van der Waals surface area contributed by atoms with Crippen molar-refractivity contribution < 1.29 is 13.7 Å². The molecule has 0 saturated heterocycles. The zero-order chi connectivity index (χ0) is 13.8. The number of pyridine rings is 1. The fourth-order valence-electron chi connectivity index (χ4n) is 1.61. The quantitative estimate of drug-likeness (QED) is 0.730. The molecule has 20 heavy (non-hydrogen) atoms. The molecule has 3 aromatic rings. The first-order chi connectivity index (χ1) is 9.81. The highest BCUT2D eigenvalue weighted by molar-refractivity contribution is 5.52. The molecule has 0 N–H and O–H groups in total. The normalized spacial score (nSPS) is 10.4. The van der Waals surface area contributed by atoms with Crippen molar-refractivity contribution in [1.82, 2.24) is 15.1 Å². The van der Waals surface area contributed by atoms with Gasteiger partial charge in [0.2, 0.25) is 5.82 Å². The van der Waals surface area contributed by atoms with Gasteiger partial charge in [-0.3, -0.25) is 4.98 Å². The van der Waals surface area contributed by atoms with Crippen molar-refractivity contribution in [3.63, 3.8) is 0 Å². The second-order valence-corrected chi connectivity index (χ2v) is 3.99.